The van der Waals surface area contributed by atoms with E-state index in [1.165, 1.54) is 16.8 Å². The number of hydrogen-bond donors (Lipinski definition) is 1. The van der Waals surface area contributed by atoms with Gasteiger partial charge in [-0.3, -0.25) is 0 Å². The third-order valence-electron chi connectivity index (χ3n) is 5.25. The zero-order valence-electron chi connectivity index (χ0n) is 17.1. The van der Waals surface area contributed by atoms with Gasteiger partial charge in [-0.2, -0.15) is 18.3 Å². The van der Waals surface area contributed by atoms with Crippen molar-refractivity contribution >= 4 is 16.9 Å². The third-order valence-corrected chi connectivity index (χ3v) is 5.25. The molecule has 1 fully saturated rings. The number of alkyl halides is 3. The minimum absolute atomic E-state index is 0.0537. The van der Waals surface area contributed by atoms with Crippen LogP contribution in [0.3, 0.4) is 0 Å². The van der Waals surface area contributed by atoms with Gasteiger partial charge in [0.2, 0.25) is 0 Å². The molecule has 1 atom stereocenters. The first-order valence-electron chi connectivity index (χ1n) is 9.86. The van der Waals surface area contributed by atoms with Crippen molar-refractivity contribution in [1.82, 2.24) is 19.7 Å². The molecule has 0 saturated carbocycles. The number of aliphatic hydroxyl groups excluding tert-OH is 1. The molecule has 0 spiro atoms. The Kier molecular flexibility index (Phi) is 4.96. The van der Waals surface area contributed by atoms with Crippen LogP contribution in [-0.2, 0) is 18.1 Å². The minimum Gasteiger partial charge on any atom is -0.391 e. The Balaban J connectivity index is 1.83. The number of β-amino-alcohol motifs (C(OH)–C–C–N with tert-alkyl or cyclic N) is 1. The van der Waals surface area contributed by atoms with Crippen LogP contribution in [0.2, 0.25) is 0 Å². The van der Waals surface area contributed by atoms with E-state index in [2.05, 4.69) is 10.1 Å². The standard InChI is InChI=1S/C21H24F3N5O/c1-20(2,3)19-26-17(28-9-8-14(30)12-28)15-10-25-29(18(15)27-19)11-13-6-4-5-7-16(13)21(22,23)24/h4-7,10,14,30H,8-9,11-12H2,1-3H3. The van der Waals surface area contributed by atoms with Gasteiger partial charge in [0.1, 0.15) is 11.6 Å². The summed E-state index contributed by atoms with van der Waals surface area (Å²) in [6.45, 7) is 7.00. The smallest absolute Gasteiger partial charge is 0.391 e. The molecule has 1 aromatic carbocycles. The molecule has 3 aromatic rings. The second kappa shape index (κ2) is 7.23. The predicted octanol–water partition coefficient (Wildman–Crippen LogP) is 3.76. The molecule has 3 heterocycles. The summed E-state index contributed by atoms with van der Waals surface area (Å²) in [6.07, 6.45) is -2.63. The number of rotatable bonds is 3. The molecule has 0 aliphatic carbocycles. The Morgan fingerprint density at radius 2 is 1.87 bits per heavy atom. The maximum atomic E-state index is 13.4. The van der Waals surface area contributed by atoms with Crippen molar-refractivity contribution < 1.29 is 18.3 Å². The maximum absolute atomic E-state index is 13.4. The summed E-state index contributed by atoms with van der Waals surface area (Å²) >= 11 is 0. The molecule has 6 nitrogen and oxygen atoms in total. The van der Waals surface area contributed by atoms with Crippen molar-refractivity contribution in [2.45, 2.75) is 51.4 Å². The second-order valence-corrected chi connectivity index (χ2v) is 8.70. The number of halogens is 3. The van der Waals surface area contributed by atoms with Crippen molar-refractivity contribution in [2.24, 2.45) is 0 Å². The zero-order chi connectivity index (χ0) is 21.7. The Hall–Kier alpha value is -2.68. The highest BCUT2D eigenvalue weighted by Gasteiger charge is 2.33. The lowest BCUT2D eigenvalue weighted by Gasteiger charge is -2.22. The Morgan fingerprint density at radius 1 is 1.13 bits per heavy atom. The van der Waals surface area contributed by atoms with Gasteiger partial charge in [0, 0.05) is 18.5 Å². The largest absolute Gasteiger partial charge is 0.416 e. The van der Waals surface area contributed by atoms with Gasteiger partial charge < -0.3 is 10.0 Å². The number of anilines is 1. The molecule has 0 amide bonds. The Morgan fingerprint density at radius 3 is 2.50 bits per heavy atom. The molecule has 0 bridgehead atoms. The van der Waals surface area contributed by atoms with Gasteiger partial charge in [0.15, 0.2) is 5.65 Å². The molecule has 9 heteroatoms. The van der Waals surface area contributed by atoms with Gasteiger partial charge in [-0.1, -0.05) is 39.0 Å². The topological polar surface area (TPSA) is 67.1 Å². The van der Waals surface area contributed by atoms with Crippen molar-refractivity contribution in [2.75, 3.05) is 18.0 Å². The quantitative estimate of drug-likeness (QED) is 0.700. The van der Waals surface area contributed by atoms with E-state index < -0.39 is 17.8 Å². The molecule has 1 N–H and O–H groups in total. The van der Waals surface area contributed by atoms with E-state index in [-0.39, 0.29) is 17.5 Å². The van der Waals surface area contributed by atoms with E-state index in [4.69, 9.17) is 4.98 Å². The average Bonchev–Trinajstić information content (AvgIpc) is 3.26. The lowest BCUT2D eigenvalue weighted by Crippen LogP contribution is -2.25. The molecular formula is C21H24F3N5O. The zero-order valence-corrected chi connectivity index (χ0v) is 17.1. The summed E-state index contributed by atoms with van der Waals surface area (Å²) in [6, 6.07) is 5.50. The van der Waals surface area contributed by atoms with Crippen LogP contribution in [0, 0.1) is 0 Å². The van der Waals surface area contributed by atoms with Crippen LogP contribution in [0.1, 0.15) is 44.1 Å². The van der Waals surface area contributed by atoms with Gasteiger partial charge in [0.05, 0.1) is 29.8 Å². The molecule has 1 saturated heterocycles. The van der Waals surface area contributed by atoms with E-state index in [1.807, 2.05) is 25.7 Å². The average molecular weight is 419 g/mol. The van der Waals surface area contributed by atoms with Crippen LogP contribution in [0.25, 0.3) is 11.0 Å². The summed E-state index contributed by atoms with van der Waals surface area (Å²) in [5, 5.41) is 15.0. The molecule has 1 unspecified atom stereocenters. The van der Waals surface area contributed by atoms with Crippen LogP contribution >= 0.6 is 0 Å². The monoisotopic (exact) mass is 419 g/mol. The summed E-state index contributed by atoms with van der Waals surface area (Å²) < 4.78 is 41.8. The predicted molar refractivity (Wildman–Crippen MR) is 107 cm³/mol. The van der Waals surface area contributed by atoms with Crippen molar-refractivity contribution in [3.05, 3.63) is 47.4 Å². The summed E-state index contributed by atoms with van der Waals surface area (Å²) in [5.41, 5.74) is -0.422. The molecule has 0 radical (unpaired) electrons. The van der Waals surface area contributed by atoms with E-state index >= 15 is 0 Å². The van der Waals surface area contributed by atoms with Crippen molar-refractivity contribution in [3.8, 4) is 0 Å². The fourth-order valence-corrected chi connectivity index (χ4v) is 3.66. The highest BCUT2D eigenvalue weighted by atomic mass is 19.4. The SMILES string of the molecule is CC(C)(C)c1nc(N2CCC(O)C2)c2cnn(Cc3ccccc3C(F)(F)F)c2n1. The van der Waals surface area contributed by atoms with E-state index in [9.17, 15) is 18.3 Å². The number of benzene rings is 1. The minimum atomic E-state index is -4.44. The highest BCUT2D eigenvalue weighted by molar-refractivity contribution is 5.87. The summed E-state index contributed by atoms with van der Waals surface area (Å²) in [7, 11) is 0. The second-order valence-electron chi connectivity index (χ2n) is 8.70. The van der Waals surface area contributed by atoms with E-state index in [1.54, 1.807) is 12.3 Å². The fourth-order valence-electron chi connectivity index (χ4n) is 3.66. The van der Waals surface area contributed by atoms with Gasteiger partial charge in [-0.05, 0) is 18.1 Å². The van der Waals surface area contributed by atoms with Crippen LogP contribution in [0.5, 0.6) is 0 Å². The molecule has 1 aliphatic heterocycles. The Labute approximate surface area is 172 Å². The number of hydrogen-bond acceptors (Lipinski definition) is 5. The van der Waals surface area contributed by atoms with E-state index in [0.29, 0.717) is 42.2 Å². The highest BCUT2D eigenvalue weighted by Crippen LogP contribution is 2.34. The lowest BCUT2D eigenvalue weighted by atomic mass is 9.95. The van der Waals surface area contributed by atoms with Crippen molar-refractivity contribution in [3.63, 3.8) is 0 Å². The van der Waals surface area contributed by atoms with Crippen LogP contribution in [0.15, 0.2) is 30.5 Å². The van der Waals surface area contributed by atoms with Gasteiger partial charge in [-0.15, -0.1) is 0 Å². The number of fused-ring (bicyclic) bond motifs is 1. The van der Waals surface area contributed by atoms with Crippen LogP contribution < -0.4 is 4.90 Å². The fraction of sp³-hybridized carbons (Fsp3) is 0.476. The number of nitrogens with zero attached hydrogens (tertiary/aromatic N) is 5. The molecular weight excluding hydrogens is 395 g/mol. The molecule has 30 heavy (non-hydrogen) atoms. The van der Waals surface area contributed by atoms with Crippen molar-refractivity contribution in [1.29, 1.82) is 0 Å². The maximum Gasteiger partial charge on any atom is 0.416 e. The Bertz CT molecular complexity index is 1070. The third kappa shape index (κ3) is 3.86. The first kappa shape index (κ1) is 20.6. The lowest BCUT2D eigenvalue weighted by molar-refractivity contribution is -0.138. The first-order valence-corrected chi connectivity index (χ1v) is 9.86. The first-order chi connectivity index (χ1) is 14.0. The van der Waals surface area contributed by atoms with Gasteiger partial charge in [-0.25, -0.2) is 14.6 Å². The summed E-state index contributed by atoms with van der Waals surface area (Å²) in [5.74, 6) is 1.24. The number of aliphatic hydroxyl groups is 1. The summed E-state index contributed by atoms with van der Waals surface area (Å²) in [4.78, 5) is 11.4. The van der Waals surface area contributed by atoms with E-state index in [0.717, 1.165) is 6.07 Å². The van der Waals surface area contributed by atoms with Crippen LogP contribution in [-0.4, -0.2) is 44.0 Å². The molecule has 1 aliphatic rings. The van der Waals surface area contributed by atoms with Gasteiger partial charge in [0.25, 0.3) is 0 Å². The van der Waals surface area contributed by atoms with Gasteiger partial charge >= 0.3 is 6.18 Å². The van der Waals surface area contributed by atoms with Crippen LogP contribution in [0.4, 0.5) is 19.0 Å². The molecule has 4 rings (SSSR count). The number of aromatic nitrogens is 4. The normalized spacial score (nSPS) is 17.8. The molecule has 2 aromatic heterocycles. The molecule has 160 valence electrons.